The van der Waals surface area contributed by atoms with Gasteiger partial charge < -0.3 is 15.5 Å². The first kappa shape index (κ1) is 13.3. The van der Waals surface area contributed by atoms with Gasteiger partial charge in [0.25, 0.3) is 0 Å². The molecule has 1 aliphatic carbocycles. The summed E-state index contributed by atoms with van der Waals surface area (Å²) >= 11 is 0. The monoisotopic (exact) mass is 253 g/mol. The minimum Gasteiger partial charge on any atom is -0.348 e. The maximum atomic E-state index is 11.9. The number of carbonyl (C=O) groups is 2. The molecule has 0 aromatic rings. The van der Waals surface area contributed by atoms with E-state index in [0.717, 1.165) is 31.8 Å². The SMILES string of the molecule is O=C(NCCCC1CC1)C(=O)N1CCCNCC1. The topological polar surface area (TPSA) is 61.4 Å². The molecule has 0 spiro atoms. The van der Waals surface area contributed by atoms with Crippen molar-refractivity contribution in [3.8, 4) is 0 Å². The van der Waals surface area contributed by atoms with E-state index in [4.69, 9.17) is 0 Å². The van der Waals surface area contributed by atoms with Gasteiger partial charge in [0.2, 0.25) is 0 Å². The Hall–Kier alpha value is -1.10. The van der Waals surface area contributed by atoms with Gasteiger partial charge in [-0.1, -0.05) is 12.8 Å². The second kappa shape index (κ2) is 6.73. The van der Waals surface area contributed by atoms with Gasteiger partial charge in [-0.05, 0) is 31.7 Å². The molecule has 0 atom stereocenters. The molecule has 1 saturated heterocycles. The fourth-order valence-electron chi connectivity index (χ4n) is 2.27. The van der Waals surface area contributed by atoms with Crippen LogP contribution in [0.3, 0.4) is 0 Å². The fourth-order valence-corrected chi connectivity index (χ4v) is 2.27. The Morgan fingerprint density at radius 2 is 2.06 bits per heavy atom. The first-order valence-electron chi connectivity index (χ1n) is 7.05. The van der Waals surface area contributed by atoms with Crippen LogP contribution in [0.2, 0.25) is 0 Å². The van der Waals surface area contributed by atoms with Crippen molar-refractivity contribution < 1.29 is 9.59 Å². The normalized spacial score (nSPS) is 20.3. The maximum absolute atomic E-state index is 11.9. The van der Waals surface area contributed by atoms with Crippen LogP contribution in [-0.2, 0) is 9.59 Å². The minimum atomic E-state index is -0.437. The molecule has 2 fully saturated rings. The molecule has 1 aliphatic heterocycles. The fraction of sp³-hybridized carbons (Fsp3) is 0.846. The molecule has 2 N–H and O–H groups in total. The second-order valence-corrected chi connectivity index (χ2v) is 5.24. The van der Waals surface area contributed by atoms with Crippen LogP contribution < -0.4 is 10.6 Å². The molecule has 0 bridgehead atoms. The van der Waals surface area contributed by atoms with E-state index in [9.17, 15) is 9.59 Å². The minimum absolute atomic E-state index is 0.370. The lowest BCUT2D eigenvalue weighted by Gasteiger charge is -2.19. The molecule has 2 aliphatic rings. The number of nitrogens with zero attached hydrogens (tertiary/aromatic N) is 1. The molecule has 0 radical (unpaired) electrons. The van der Waals surface area contributed by atoms with E-state index in [-0.39, 0.29) is 5.91 Å². The van der Waals surface area contributed by atoms with Crippen molar-refractivity contribution in [2.45, 2.75) is 32.1 Å². The Morgan fingerprint density at radius 3 is 2.83 bits per heavy atom. The standard InChI is InChI=1S/C13H23N3O2/c17-12(15-7-1-3-11-4-5-11)13(18)16-9-2-6-14-8-10-16/h11,14H,1-10H2,(H,15,17). The number of nitrogens with one attached hydrogen (secondary N) is 2. The van der Waals surface area contributed by atoms with Crippen LogP contribution in [0.4, 0.5) is 0 Å². The van der Waals surface area contributed by atoms with Crippen LogP contribution in [0.15, 0.2) is 0 Å². The first-order valence-corrected chi connectivity index (χ1v) is 7.05. The van der Waals surface area contributed by atoms with E-state index in [2.05, 4.69) is 10.6 Å². The van der Waals surface area contributed by atoms with E-state index in [1.807, 2.05) is 0 Å². The van der Waals surface area contributed by atoms with E-state index in [1.165, 1.54) is 19.3 Å². The van der Waals surface area contributed by atoms with Gasteiger partial charge >= 0.3 is 11.8 Å². The number of hydrogen-bond donors (Lipinski definition) is 2. The van der Waals surface area contributed by atoms with Crippen molar-refractivity contribution in [2.75, 3.05) is 32.7 Å². The van der Waals surface area contributed by atoms with Crippen molar-refractivity contribution >= 4 is 11.8 Å². The largest absolute Gasteiger partial charge is 0.348 e. The molecule has 0 aromatic carbocycles. The van der Waals surface area contributed by atoms with Gasteiger partial charge in [0.15, 0.2) is 0 Å². The smallest absolute Gasteiger partial charge is 0.311 e. The van der Waals surface area contributed by atoms with Crippen LogP contribution in [0.5, 0.6) is 0 Å². The van der Waals surface area contributed by atoms with Crippen molar-refractivity contribution in [3.05, 3.63) is 0 Å². The summed E-state index contributed by atoms with van der Waals surface area (Å²) in [6.45, 7) is 3.65. The lowest BCUT2D eigenvalue weighted by molar-refractivity contribution is -0.145. The summed E-state index contributed by atoms with van der Waals surface area (Å²) < 4.78 is 0. The second-order valence-electron chi connectivity index (χ2n) is 5.24. The van der Waals surface area contributed by atoms with Gasteiger partial charge in [0.1, 0.15) is 0 Å². The molecule has 1 saturated carbocycles. The molecule has 0 unspecified atom stereocenters. The Balaban J connectivity index is 1.64. The van der Waals surface area contributed by atoms with Crippen molar-refractivity contribution in [1.82, 2.24) is 15.5 Å². The van der Waals surface area contributed by atoms with Gasteiger partial charge in [-0.3, -0.25) is 9.59 Å². The van der Waals surface area contributed by atoms with Gasteiger partial charge in [-0.25, -0.2) is 0 Å². The van der Waals surface area contributed by atoms with E-state index in [0.29, 0.717) is 19.6 Å². The zero-order chi connectivity index (χ0) is 12.8. The summed E-state index contributed by atoms with van der Waals surface area (Å²) in [6, 6.07) is 0. The van der Waals surface area contributed by atoms with Gasteiger partial charge in [-0.15, -0.1) is 0 Å². The molecule has 0 aromatic heterocycles. The summed E-state index contributed by atoms with van der Waals surface area (Å²) in [5.41, 5.74) is 0. The average molecular weight is 253 g/mol. The molecular weight excluding hydrogens is 230 g/mol. The highest BCUT2D eigenvalue weighted by Gasteiger charge is 2.23. The predicted molar refractivity (Wildman–Crippen MR) is 69.0 cm³/mol. The quantitative estimate of drug-likeness (QED) is 0.552. The van der Waals surface area contributed by atoms with Gasteiger partial charge in [0.05, 0.1) is 0 Å². The lowest BCUT2D eigenvalue weighted by atomic mass is 10.2. The number of carbonyl (C=O) groups excluding carboxylic acids is 2. The van der Waals surface area contributed by atoms with Crippen molar-refractivity contribution in [3.63, 3.8) is 0 Å². The summed E-state index contributed by atoms with van der Waals surface area (Å²) in [5.74, 6) is 0.0760. The molecule has 2 rings (SSSR count). The Labute approximate surface area is 108 Å². The van der Waals surface area contributed by atoms with Gasteiger partial charge in [-0.2, -0.15) is 0 Å². The van der Waals surface area contributed by atoms with Crippen LogP contribution in [-0.4, -0.2) is 49.4 Å². The van der Waals surface area contributed by atoms with Crippen LogP contribution >= 0.6 is 0 Å². The number of rotatable bonds is 4. The lowest BCUT2D eigenvalue weighted by Crippen LogP contribution is -2.44. The third-order valence-electron chi connectivity index (χ3n) is 3.59. The van der Waals surface area contributed by atoms with E-state index >= 15 is 0 Å². The van der Waals surface area contributed by atoms with Crippen molar-refractivity contribution in [2.24, 2.45) is 5.92 Å². The number of hydrogen-bond acceptors (Lipinski definition) is 3. The van der Waals surface area contributed by atoms with Crippen molar-refractivity contribution in [1.29, 1.82) is 0 Å². The summed E-state index contributed by atoms with van der Waals surface area (Å²) in [7, 11) is 0. The Bertz CT molecular complexity index is 295. The van der Waals surface area contributed by atoms with E-state index < -0.39 is 5.91 Å². The molecule has 18 heavy (non-hydrogen) atoms. The Morgan fingerprint density at radius 1 is 1.22 bits per heavy atom. The zero-order valence-electron chi connectivity index (χ0n) is 10.9. The average Bonchev–Trinajstić information content (AvgIpc) is 3.19. The van der Waals surface area contributed by atoms with Gasteiger partial charge in [0, 0.05) is 26.2 Å². The molecule has 5 heteroatoms. The molecule has 1 heterocycles. The highest BCUT2D eigenvalue weighted by Crippen LogP contribution is 2.33. The van der Waals surface area contributed by atoms with Crippen LogP contribution in [0.1, 0.15) is 32.1 Å². The molecule has 5 nitrogen and oxygen atoms in total. The zero-order valence-corrected chi connectivity index (χ0v) is 10.9. The third-order valence-corrected chi connectivity index (χ3v) is 3.59. The maximum Gasteiger partial charge on any atom is 0.311 e. The third kappa shape index (κ3) is 4.29. The molecular formula is C13H23N3O2. The molecule has 2 amide bonds. The number of amides is 2. The summed E-state index contributed by atoms with van der Waals surface area (Å²) in [4.78, 5) is 25.2. The highest BCUT2D eigenvalue weighted by molar-refractivity contribution is 6.35. The Kier molecular flexibility index (Phi) is 4.99. The van der Waals surface area contributed by atoms with Crippen LogP contribution in [0.25, 0.3) is 0 Å². The highest BCUT2D eigenvalue weighted by atomic mass is 16.2. The molecule has 102 valence electrons. The van der Waals surface area contributed by atoms with Crippen LogP contribution in [0, 0.1) is 5.92 Å². The summed E-state index contributed by atoms with van der Waals surface area (Å²) in [6.07, 6.45) is 5.77. The predicted octanol–water partition coefficient (Wildman–Crippen LogP) is 0.115. The van der Waals surface area contributed by atoms with E-state index in [1.54, 1.807) is 4.90 Å². The first-order chi connectivity index (χ1) is 8.77. The summed E-state index contributed by atoms with van der Waals surface area (Å²) in [5, 5.41) is 5.95.